The fraction of sp³-hybridized carbons (Fsp3) is 0.500. The molecular formula is C14H18O4. The molecule has 0 saturated heterocycles. The first-order valence-electron chi connectivity index (χ1n) is 6.20. The Bertz CT molecular complexity index is 473. The zero-order chi connectivity index (χ0) is 13.3. The Morgan fingerprint density at radius 1 is 1.33 bits per heavy atom. The summed E-state index contributed by atoms with van der Waals surface area (Å²) in [7, 11) is 1.46. The molecule has 0 aliphatic heterocycles. The van der Waals surface area contributed by atoms with Crippen molar-refractivity contribution in [1.29, 1.82) is 0 Å². The van der Waals surface area contributed by atoms with Gasteiger partial charge in [0.2, 0.25) is 0 Å². The number of rotatable bonds is 3. The molecule has 0 amide bonds. The van der Waals surface area contributed by atoms with Crippen molar-refractivity contribution in [3.8, 4) is 17.2 Å². The number of carbonyl (C=O) groups excluding carboxylic acids is 1. The molecule has 0 atom stereocenters. The molecule has 4 nitrogen and oxygen atoms in total. The van der Waals surface area contributed by atoms with Crippen molar-refractivity contribution in [3.05, 3.63) is 17.2 Å². The van der Waals surface area contributed by atoms with Crippen LogP contribution in [0.15, 0.2) is 6.07 Å². The number of phenols is 2. The summed E-state index contributed by atoms with van der Waals surface area (Å²) >= 11 is 0. The van der Waals surface area contributed by atoms with Gasteiger partial charge in [0.1, 0.15) is 22.8 Å². The normalized spacial score (nSPS) is 15.9. The zero-order valence-electron chi connectivity index (χ0n) is 10.7. The van der Waals surface area contributed by atoms with Gasteiger partial charge in [-0.3, -0.25) is 4.79 Å². The lowest BCUT2D eigenvalue weighted by molar-refractivity contribution is 0.0917. The quantitative estimate of drug-likeness (QED) is 0.809. The first-order valence-corrected chi connectivity index (χ1v) is 6.20. The minimum atomic E-state index is -0.202. The van der Waals surface area contributed by atoms with Crippen molar-refractivity contribution in [2.75, 3.05) is 7.11 Å². The van der Waals surface area contributed by atoms with Crippen LogP contribution in [0, 0.1) is 12.8 Å². The van der Waals surface area contributed by atoms with Gasteiger partial charge in [-0.1, -0.05) is 12.8 Å². The molecule has 0 bridgehead atoms. The van der Waals surface area contributed by atoms with Gasteiger partial charge in [-0.2, -0.15) is 0 Å². The molecule has 1 aliphatic carbocycles. The Kier molecular flexibility index (Phi) is 3.45. The van der Waals surface area contributed by atoms with Gasteiger partial charge in [0, 0.05) is 17.5 Å². The first-order chi connectivity index (χ1) is 8.56. The average molecular weight is 250 g/mol. The maximum absolute atomic E-state index is 12.3. The van der Waals surface area contributed by atoms with E-state index in [-0.39, 0.29) is 28.8 Å². The molecule has 1 aromatic carbocycles. The van der Waals surface area contributed by atoms with Crippen LogP contribution < -0.4 is 4.74 Å². The number of aromatic hydroxyl groups is 2. The molecule has 1 aromatic rings. The molecule has 0 unspecified atom stereocenters. The lowest BCUT2D eigenvalue weighted by atomic mass is 9.93. The van der Waals surface area contributed by atoms with E-state index in [2.05, 4.69) is 0 Å². The molecule has 2 rings (SSSR count). The van der Waals surface area contributed by atoms with E-state index in [1.165, 1.54) is 13.2 Å². The minimum Gasteiger partial charge on any atom is -0.507 e. The van der Waals surface area contributed by atoms with Crippen LogP contribution in [0.4, 0.5) is 0 Å². The van der Waals surface area contributed by atoms with Gasteiger partial charge in [0.15, 0.2) is 5.78 Å². The maximum atomic E-state index is 12.3. The number of methoxy groups -OCH3 is 1. The second-order valence-electron chi connectivity index (χ2n) is 4.79. The highest BCUT2D eigenvalue weighted by Crippen LogP contribution is 2.40. The van der Waals surface area contributed by atoms with Crippen LogP contribution in [-0.2, 0) is 0 Å². The van der Waals surface area contributed by atoms with Crippen molar-refractivity contribution in [2.45, 2.75) is 32.6 Å². The smallest absolute Gasteiger partial charge is 0.173 e. The third kappa shape index (κ3) is 2.03. The molecule has 1 saturated carbocycles. The molecule has 0 aromatic heterocycles. The number of Topliss-reactive ketones (excluding diaryl/α,β-unsaturated/α-hetero) is 1. The Morgan fingerprint density at radius 2 is 1.94 bits per heavy atom. The highest BCUT2D eigenvalue weighted by molar-refractivity contribution is 6.03. The number of ketones is 1. The minimum absolute atomic E-state index is 0.0419. The monoisotopic (exact) mass is 250 g/mol. The van der Waals surface area contributed by atoms with Gasteiger partial charge in [-0.15, -0.1) is 0 Å². The molecule has 4 heteroatoms. The molecule has 0 radical (unpaired) electrons. The van der Waals surface area contributed by atoms with E-state index in [0.717, 1.165) is 25.7 Å². The summed E-state index contributed by atoms with van der Waals surface area (Å²) in [6, 6.07) is 1.39. The Labute approximate surface area is 106 Å². The van der Waals surface area contributed by atoms with Crippen molar-refractivity contribution >= 4 is 5.78 Å². The lowest BCUT2D eigenvalue weighted by Crippen LogP contribution is -2.12. The van der Waals surface area contributed by atoms with E-state index in [1.807, 2.05) is 0 Å². The first kappa shape index (κ1) is 12.7. The summed E-state index contributed by atoms with van der Waals surface area (Å²) in [5.74, 6) is -0.216. The Balaban J connectivity index is 2.44. The van der Waals surface area contributed by atoms with Crippen LogP contribution in [-0.4, -0.2) is 23.1 Å². The number of carbonyl (C=O) groups is 1. The second-order valence-corrected chi connectivity index (χ2v) is 4.79. The van der Waals surface area contributed by atoms with Gasteiger partial charge in [-0.05, 0) is 19.8 Å². The van der Waals surface area contributed by atoms with E-state index in [4.69, 9.17) is 4.74 Å². The number of benzene rings is 1. The van der Waals surface area contributed by atoms with Gasteiger partial charge >= 0.3 is 0 Å². The fourth-order valence-electron chi connectivity index (χ4n) is 2.58. The maximum Gasteiger partial charge on any atom is 0.173 e. The van der Waals surface area contributed by atoms with Gasteiger partial charge in [-0.25, -0.2) is 0 Å². The van der Waals surface area contributed by atoms with Crippen LogP contribution in [0.2, 0.25) is 0 Å². The zero-order valence-corrected chi connectivity index (χ0v) is 10.7. The molecule has 1 aliphatic rings. The third-order valence-corrected chi connectivity index (χ3v) is 3.68. The van der Waals surface area contributed by atoms with Crippen LogP contribution in [0.25, 0.3) is 0 Å². The number of phenolic OH excluding ortho intramolecular Hbond substituents is 2. The largest absolute Gasteiger partial charge is 0.507 e. The van der Waals surface area contributed by atoms with Crippen molar-refractivity contribution in [1.82, 2.24) is 0 Å². The molecule has 0 spiro atoms. The summed E-state index contributed by atoms with van der Waals surface area (Å²) in [6.45, 7) is 1.67. The summed E-state index contributed by atoms with van der Waals surface area (Å²) in [4.78, 5) is 12.3. The molecule has 2 N–H and O–H groups in total. The Morgan fingerprint density at radius 3 is 2.50 bits per heavy atom. The van der Waals surface area contributed by atoms with Crippen LogP contribution in [0.1, 0.15) is 41.6 Å². The average Bonchev–Trinajstić information content (AvgIpc) is 2.87. The van der Waals surface area contributed by atoms with E-state index in [0.29, 0.717) is 11.3 Å². The summed E-state index contributed by atoms with van der Waals surface area (Å²) < 4.78 is 5.04. The Hall–Kier alpha value is -1.71. The number of ether oxygens (including phenoxy) is 1. The fourth-order valence-corrected chi connectivity index (χ4v) is 2.58. The van der Waals surface area contributed by atoms with Crippen LogP contribution >= 0.6 is 0 Å². The van der Waals surface area contributed by atoms with Crippen molar-refractivity contribution < 1.29 is 19.7 Å². The predicted octanol–water partition coefficient (Wildman–Crippen LogP) is 2.79. The molecule has 98 valence electrons. The van der Waals surface area contributed by atoms with E-state index < -0.39 is 0 Å². The molecule has 0 heterocycles. The third-order valence-electron chi connectivity index (χ3n) is 3.68. The van der Waals surface area contributed by atoms with Crippen molar-refractivity contribution in [2.24, 2.45) is 5.92 Å². The predicted molar refractivity (Wildman–Crippen MR) is 67.3 cm³/mol. The van der Waals surface area contributed by atoms with Crippen molar-refractivity contribution in [3.63, 3.8) is 0 Å². The summed E-state index contributed by atoms with van der Waals surface area (Å²) in [5, 5.41) is 20.0. The molecule has 18 heavy (non-hydrogen) atoms. The number of hydrogen-bond acceptors (Lipinski definition) is 4. The number of hydrogen-bond donors (Lipinski definition) is 2. The highest BCUT2D eigenvalue weighted by Gasteiger charge is 2.29. The molecular weight excluding hydrogens is 232 g/mol. The molecule has 1 fully saturated rings. The highest BCUT2D eigenvalue weighted by atomic mass is 16.5. The summed E-state index contributed by atoms with van der Waals surface area (Å²) in [5.41, 5.74) is 0.525. The van der Waals surface area contributed by atoms with Gasteiger partial charge in [0.25, 0.3) is 0 Å². The van der Waals surface area contributed by atoms with E-state index in [9.17, 15) is 15.0 Å². The van der Waals surface area contributed by atoms with Crippen LogP contribution in [0.3, 0.4) is 0 Å². The van der Waals surface area contributed by atoms with Gasteiger partial charge < -0.3 is 14.9 Å². The van der Waals surface area contributed by atoms with Crippen LogP contribution in [0.5, 0.6) is 17.2 Å². The van der Waals surface area contributed by atoms with E-state index in [1.54, 1.807) is 6.92 Å². The lowest BCUT2D eigenvalue weighted by Gasteiger charge is -2.15. The van der Waals surface area contributed by atoms with Gasteiger partial charge in [0.05, 0.1) is 7.11 Å². The second kappa shape index (κ2) is 4.88. The topological polar surface area (TPSA) is 66.8 Å². The standard InChI is InChI=1S/C14H18O4/c1-8-11(18-2)7-10(15)12(13(8)16)14(17)9-5-3-4-6-9/h7,9,15-16H,3-6H2,1-2H3. The van der Waals surface area contributed by atoms with E-state index >= 15 is 0 Å². The summed E-state index contributed by atoms with van der Waals surface area (Å²) in [6.07, 6.45) is 3.74. The SMILES string of the molecule is COc1cc(O)c(C(=O)C2CCCC2)c(O)c1C.